The van der Waals surface area contributed by atoms with Gasteiger partial charge in [-0.1, -0.05) is 24.6 Å². The van der Waals surface area contributed by atoms with Crippen LogP contribution in [0.3, 0.4) is 0 Å². The maximum atomic E-state index is 12.4. The van der Waals surface area contributed by atoms with E-state index in [0.29, 0.717) is 18.6 Å². The Balaban J connectivity index is 1.99. The van der Waals surface area contributed by atoms with Crippen molar-refractivity contribution in [1.82, 2.24) is 10.4 Å². The lowest BCUT2D eigenvalue weighted by atomic mass is 10.00. The summed E-state index contributed by atoms with van der Waals surface area (Å²) >= 11 is 0. The summed E-state index contributed by atoms with van der Waals surface area (Å²) in [5, 5.41) is 2.22. The molecule has 1 fully saturated rings. The average molecular weight is 284 g/mol. The van der Waals surface area contributed by atoms with E-state index >= 15 is 0 Å². The second kappa shape index (κ2) is 6.99. The Morgan fingerprint density at radius 3 is 2.55 bits per heavy atom. The van der Waals surface area contributed by atoms with Crippen LogP contribution in [0, 0.1) is 0 Å². The quantitative estimate of drug-likeness (QED) is 0.895. The van der Waals surface area contributed by atoms with Crippen LogP contribution < -0.4 is 10.2 Å². The van der Waals surface area contributed by atoms with Crippen molar-refractivity contribution in [1.29, 1.82) is 0 Å². The number of halogens is 2. The smallest absolute Gasteiger partial charge is 0.387 e. The zero-order chi connectivity index (χ0) is 14.5. The van der Waals surface area contributed by atoms with Gasteiger partial charge < -0.3 is 4.74 Å². The minimum atomic E-state index is -2.79. The van der Waals surface area contributed by atoms with Crippen molar-refractivity contribution in [3.05, 3.63) is 29.8 Å². The molecule has 1 saturated heterocycles. The zero-order valence-electron chi connectivity index (χ0n) is 12.0. The van der Waals surface area contributed by atoms with Gasteiger partial charge >= 0.3 is 6.61 Å². The minimum Gasteiger partial charge on any atom is -0.434 e. The molecule has 3 nitrogen and oxygen atoms in total. The van der Waals surface area contributed by atoms with Gasteiger partial charge in [-0.3, -0.25) is 5.43 Å². The van der Waals surface area contributed by atoms with E-state index < -0.39 is 6.61 Å². The number of rotatable bonds is 5. The van der Waals surface area contributed by atoms with Gasteiger partial charge in [0.25, 0.3) is 0 Å². The maximum Gasteiger partial charge on any atom is 0.387 e. The predicted molar refractivity (Wildman–Crippen MR) is 74.5 cm³/mol. The summed E-state index contributed by atoms with van der Waals surface area (Å²) in [7, 11) is 0. The van der Waals surface area contributed by atoms with Crippen molar-refractivity contribution >= 4 is 0 Å². The molecule has 0 bridgehead atoms. The Kier molecular flexibility index (Phi) is 5.31. The van der Waals surface area contributed by atoms with Crippen LogP contribution in [0.1, 0.15) is 38.7 Å². The largest absolute Gasteiger partial charge is 0.434 e. The molecule has 1 aliphatic heterocycles. The number of hydrogen-bond acceptors (Lipinski definition) is 3. The number of para-hydroxylation sites is 1. The first-order valence-corrected chi connectivity index (χ1v) is 7.12. The highest BCUT2D eigenvalue weighted by molar-refractivity contribution is 5.33. The molecule has 2 rings (SSSR count). The van der Waals surface area contributed by atoms with Crippen LogP contribution >= 0.6 is 0 Å². The highest BCUT2D eigenvalue weighted by Gasteiger charge is 2.24. The van der Waals surface area contributed by atoms with Gasteiger partial charge in [-0.25, -0.2) is 5.01 Å². The lowest BCUT2D eigenvalue weighted by Crippen LogP contribution is -2.51. The van der Waals surface area contributed by atoms with Gasteiger partial charge in [0.1, 0.15) is 5.75 Å². The van der Waals surface area contributed by atoms with E-state index in [9.17, 15) is 8.78 Å². The maximum absolute atomic E-state index is 12.4. The predicted octanol–water partition coefficient (Wildman–Crippen LogP) is 3.56. The molecule has 1 heterocycles. The standard InChI is InChI=1S/C15H22F2N2O/c1-11-6-5-7-12(2)19(11)18-10-13-8-3-4-9-14(13)20-15(16)17/h3-4,8-9,11-12,15,18H,5-7,10H2,1-2H3. The van der Waals surface area contributed by atoms with Gasteiger partial charge in [0.15, 0.2) is 0 Å². The number of hydrazine groups is 1. The van der Waals surface area contributed by atoms with E-state index in [4.69, 9.17) is 0 Å². The lowest BCUT2D eigenvalue weighted by molar-refractivity contribution is -0.0508. The van der Waals surface area contributed by atoms with Crippen LogP contribution in [0.4, 0.5) is 8.78 Å². The van der Waals surface area contributed by atoms with Crippen molar-refractivity contribution in [3.63, 3.8) is 0 Å². The number of alkyl halides is 2. The molecule has 2 unspecified atom stereocenters. The minimum absolute atomic E-state index is 0.243. The van der Waals surface area contributed by atoms with Gasteiger partial charge in [0, 0.05) is 24.2 Å². The number of piperidine rings is 1. The fraction of sp³-hybridized carbons (Fsp3) is 0.600. The second-order valence-electron chi connectivity index (χ2n) is 5.36. The SMILES string of the molecule is CC1CCCC(C)N1NCc1ccccc1OC(F)F. The van der Waals surface area contributed by atoms with Crippen molar-refractivity contribution in [2.75, 3.05) is 0 Å². The summed E-state index contributed by atoms with van der Waals surface area (Å²) in [6, 6.07) is 7.84. The molecule has 0 aliphatic carbocycles. The van der Waals surface area contributed by atoms with Gasteiger partial charge in [-0.15, -0.1) is 0 Å². The zero-order valence-corrected chi connectivity index (χ0v) is 12.0. The van der Waals surface area contributed by atoms with Crippen molar-refractivity contribution in [3.8, 4) is 5.75 Å². The molecule has 0 aromatic heterocycles. The van der Waals surface area contributed by atoms with E-state index in [1.54, 1.807) is 12.1 Å². The third kappa shape index (κ3) is 3.90. The Hall–Kier alpha value is -1.20. The first kappa shape index (κ1) is 15.2. The molecule has 0 saturated carbocycles. The van der Waals surface area contributed by atoms with E-state index in [0.717, 1.165) is 18.4 Å². The lowest BCUT2D eigenvalue weighted by Gasteiger charge is -2.39. The third-order valence-electron chi connectivity index (χ3n) is 3.83. The summed E-state index contributed by atoms with van der Waals surface area (Å²) in [6.45, 7) is 2.08. The third-order valence-corrected chi connectivity index (χ3v) is 3.83. The number of nitrogens with one attached hydrogen (secondary N) is 1. The molecule has 1 N–H and O–H groups in total. The Morgan fingerprint density at radius 1 is 1.25 bits per heavy atom. The number of benzene rings is 1. The van der Waals surface area contributed by atoms with Gasteiger partial charge in [-0.2, -0.15) is 8.78 Å². The van der Waals surface area contributed by atoms with Gasteiger partial charge in [-0.05, 0) is 32.8 Å². The number of nitrogens with zero attached hydrogens (tertiary/aromatic N) is 1. The number of hydrogen-bond donors (Lipinski definition) is 1. The van der Waals surface area contributed by atoms with Crippen LogP contribution in [-0.4, -0.2) is 23.7 Å². The molecule has 1 aromatic carbocycles. The summed E-state index contributed by atoms with van der Waals surface area (Å²) in [5.41, 5.74) is 4.11. The molecular weight excluding hydrogens is 262 g/mol. The summed E-state index contributed by atoms with van der Waals surface area (Å²) in [6.07, 6.45) is 3.56. The first-order chi connectivity index (χ1) is 9.58. The molecule has 0 amide bonds. The summed E-state index contributed by atoms with van der Waals surface area (Å²) < 4.78 is 29.3. The van der Waals surface area contributed by atoms with Crippen LogP contribution in [0.2, 0.25) is 0 Å². The highest BCUT2D eigenvalue weighted by Crippen LogP contribution is 2.23. The van der Waals surface area contributed by atoms with Crippen molar-refractivity contribution < 1.29 is 13.5 Å². The summed E-state index contributed by atoms with van der Waals surface area (Å²) in [4.78, 5) is 0. The molecule has 1 aromatic rings. The molecule has 1 aliphatic rings. The highest BCUT2D eigenvalue weighted by atomic mass is 19.3. The fourth-order valence-corrected chi connectivity index (χ4v) is 2.77. The van der Waals surface area contributed by atoms with E-state index in [1.807, 2.05) is 12.1 Å². The van der Waals surface area contributed by atoms with E-state index in [-0.39, 0.29) is 5.75 Å². The Morgan fingerprint density at radius 2 is 1.90 bits per heavy atom. The molecule has 0 radical (unpaired) electrons. The molecular formula is C15H22F2N2O. The molecule has 2 atom stereocenters. The van der Waals surface area contributed by atoms with Crippen LogP contribution in [0.25, 0.3) is 0 Å². The molecule has 20 heavy (non-hydrogen) atoms. The topological polar surface area (TPSA) is 24.5 Å². The monoisotopic (exact) mass is 284 g/mol. The van der Waals surface area contributed by atoms with Crippen molar-refractivity contribution in [2.24, 2.45) is 0 Å². The number of ether oxygens (including phenoxy) is 1. The molecule has 0 spiro atoms. The van der Waals surface area contributed by atoms with E-state index in [1.165, 1.54) is 6.42 Å². The molecule has 5 heteroatoms. The average Bonchev–Trinajstić information content (AvgIpc) is 2.39. The fourth-order valence-electron chi connectivity index (χ4n) is 2.77. The van der Waals surface area contributed by atoms with Crippen molar-refractivity contribution in [2.45, 2.75) is 58.3 Å². The van der Waals surface area contributed by atoms with Gasteiger partial charge in [0.05, 0.1) is 0 Å². The first-order valence-electron chi connectivity index (χ1n) is 7.12. The van der Waals surface area contributed by atoms with Crippen LogP contribution in [0.5, 0.6) is 5.75 Å². The second-order valence-corrected chi connectivity index (χ2v) is 5.36. The normalized spacial score (nSPS) is 24.1. The Labute approximate surface area is 118 Å². The van der Waals surface area contributed by atoms with E-state index in [2.05, 4.69) is 29.0 Å². The van der Waals surface area contributed by atoms with Crippen LogP contribution in [-0.2, 0) is 6.54 Å². The van der Waals surface area contributed by atoms with Gasteiger partial charge in [0.2, 0.25) is 0 Å². The Bertz CT molecular complexity index is 418. The molecule has 112 valence electrons. The summed E-state index contributed by atoms with van der Waals surface area (Å²) in [5.74, 6) is 0.243. The van der Waals surface area contributed by atoms with Crippen LogP contribution in [0.15, 0.2) is 24.3 Å².